The van der Waals surface area contributed by atoms with Crippen LogP contribution in [0.25, 0.3) is 0 Å². The molecule has 0 unspecified atom stereocenters. The number of hydrogen-bond acceptors (Lipinski definition) is 5. The minimum atomic E-state index is -0.629. The van der Waals surface area contributed by atoms with Gasteiger partial charge < -0.3 is 15.0 Å². The van der Waals surface area contributed by atoms with E-state index in [-0.39, 0.29) is 17.7 Å². The maximum absolute atomic E-state index is 12.7. The molecule has 0 spiro atoms. The SMILES string of the molecule is COCCCNC(=O)C1CCN(CC(=O)N(C)C2(C#N)CCCCC2)CC1. The Morgan fingerprint density at radius 3 is 2.52 bits per heavy atom. The van der Waals surface area contributed by atoms with Gasteiger partial charge in [0.05, 0.1) is 12.6 Å². The standard InChI is InChI=1S/C20H34N4O3/c1-23(20(16-21)9-4-3-5-10-20)18(25)15-24-12-7-17(8-13-24)19(26)22-11-6-14-27-2/h17H,3-15H2,1-2H3,(H,22,26). The molecule has 0 aromatic heterocycles. The Balaban J connectivity index is 1.75. The van der Waals surface area contributed by atoms with Crippen LogP contribution in [0.2, 0.25) is 0 Å². The normalized spacial score (nSPS) is 20.6. The maximum atomic E-state index is 12.7. The lowest BCUT2D eigenvalue weighted by molar-refractivity contribution is -0.136. The number of nitrogens with zero attached hydrogens (tertiary/aromatic N) is 3. The number of rotatable bonds is 8. The van der Waals surface area contributed by atoms with Crippen LogP contribution in [-0.2, 0) is 14.3 Å². The van der Waals surface area contributed by atoms with Crippen molar-refractivity contribution in [1.29, 1.82) is 5.26 Å². The molecule has 1 heterocycles. The van der Waals surface area contributed by atoms with E-state index >= 15 is 0 Å². The van der Waals surface area contributed by atoms with Gasteiger partial charge in [-0.3, -0.25) is 14.5 Å². The molecule has 2 aliphatic rings. The van der Waals surface area contributed by atoms with E-state index in [4.69, 9.17) is 4.74 Å². The number of carbonyl (C=O) groups is 2. The Labute approximate surface area is 163 Å². The lowest BCUT2D eigenvalue weighted by atomic mass is 9.81. The second-order valence-corrected chi connectivity index (χ2v) is 7.84. The van der Waals surface area contributed by atoms with Crippen LogP contribution >= 0.6 is 0 Å². The molecular formula is C20H34N4O3. The number of hydrogen-bond donors (Lipinski definition) is 1. The molecule has 2 amide bonds. The summed E-state index contributed by atoms with van der Waals surface area (Å²) < 4.78 is 4.98. The summed E-state index contributed by atoms with van der Waals surface area (Å²) in [6.45, 7) is 3.12. The van der Waals surface area contributed by atoms with Crippen LogP contribution < -0.4 is 5.32 Å². The molecule has 1 aliphatic heterocycles. The van der Waals surface area contributed by atoms with E-state index in [1.165, 1.54) is 0 Å². The molecule has 0 bridgehead atoms. The lowest BCUT2D eigenvalue weighted by Crippen LogP contribution is -2.53. The fraction of sp³-hybridized carbons (Fsp3) is 0.850. The highest BCUT2D eigenvalue weighted by molar-refractivity contribution is 5.80. The minimum Gasteiger partial charge on any atom is -0.385 e. The molecule has 27 heavy (non-hydrogen) atoms. The van der Waals surface area contributed by atoms with Crippen LogP contribution in [0.4, 0.5) is 0 Å². The largest absolute Gasteiger partial charge is 0.385 e. The van der Waals surface area contributed by atoms with Crippen LogP contribution in [0, 0.1) is 17.2 Å². The third-order valence-electron chi connectivity index (χ3n) is 6.05. The van der Waals surface area contributed by atoms with Gasteiger partial charge in [-0.15, -0.1) is 0 Å². The first-order chi connectivity index (χ1) is 13.0. The van der Waals surface area contributed by atoms with Gasteiger partial charge in [-0.25, -0.2) is 0 Å². The van der Waals surface area contributed by atoms with E-state index in [1.54, 1.807) is 19.1 Å². The molecule has 1 N–H and O–H groups in total. The predicted octanol–water partition coefficient (Wildman–Crippen LogP) is 1.54. The van der Waals surface area contributed by atoms with Crippen LogP contribution in [0.1, 0.15) is 51.4 Å². The molecule has 2 fully saturated rings. The van der Waals surface area contributed by atoms with E-state index < -0.39 is 5.54 Å². The van der Waals surface area contributed by atoms with Gasteiger partial charge in [-0.05, 0) is 45.2 Å². The van der Waals surface area contributed by atoms with Gasteiger partial charge >= 0.3 is 0 Å². The second kappa shape index (κ2) is 10.6. The fourth-order valence-electron chi connectivity index (χ4n) is 4.12. The molecule has 1 aliphatic carbocycles. The smallest absolute Gasteiger partial charge is 0.237 e. The Kier molecular flexibility index (Phi) is 8.52. The van der Waals surface area contributed by atoms with Gasteiger partial charge in [0.15, 0.2) is 0 Å². The summed E-state index contributed by atoms with van der Waals surface area (Å²) in [5, 5.41) is 12.6. The Morgan fingerprint density at radius 1 is 1.26 bits per heavy atom. The van der Waals surface area contributed by atoms with Crippen molar-refractivity contribution in [1.82, 2.24) is 15.1 Å². The van der Waals surface area contributed by atoms with E-state index in [0.717, 1.165) is 64.5 Å². The van der Waals surface area contributed by atoms with Crippen LogP contribution in [0.5, 0.6) is 0 Å². The first-order valence-corrected chi connectivity index (χ1v) is 10.2. The number of nitriles is 1. The van der Waals surface area contributed by atoms with Crippen molar-refractivity contribution in [3.63, 3.8) is 0 Å². The van der Waals surface area contributed by atoms with Crippen molar-refractivity contribution >= 4 is 11.8 Å². The fourth-order valence-corrected chi connectivity index (χ4v) is 4.12. The van der Waals surface area contributed by atoms with Crippen LogP contribution in [0.15, 0.2) is 0 Å². The van der Waals surface area contributed by atoms with Crippen molar-refractivity contribution < 1.29 is 14.3 Å². The number of amides is 2. The zero-order valence-corrected chi connectivity index (χ0v) is 16.8. The lowest BCUT2D eigenvalue weighted by Gasteiger charge is -2.40. The first-order valence-electron chi connectivity index (χ1n) is 10.2. The van der Waals surface area contributed by atoms with Crippen LogP contribution in [0.3, 0.4) is 0 Å². The van der Waals surface area contributed by atoms with Crippen molar-refractivity contribution in [3.8, 4) is 6.07 Å². The van der Waals surface area contributed by atoms with Gasteiger partial charge in [0.1, 0.15) is 5.54 Å². The molecular weight excluding hydrogens is 344 g/mol. The Morgan fingerprint density at radius 2 is 1.93 bits per heavy atom. The molecule has 0 atom stereocenters. The van der Waals surface area contributed by atoms with Crippen molar-refractivity contribution in [2.75, 3.05) is 46.9 Å². The van der Waals surface area contributed by atoms with Crippen LogP contribution in [-0.4, -0.2) is 74.1 Å². The van der Waals surface area contributed by atoms with E-state index in [2.05, 4.69) is 16.3 Å². The summed E-state index contributed by atoms with van der Waals surface area (Å²) in [5.74, 6) is 0.154. The molecule has 0 aromatic rings. The summed E-state index contributed by atoms with van der Waals surface area (Å²) in [6, 6.07) is 2.41. The van der Waals surface area contributed by atoms with Crippen molar-refractivity contribution in [2.45, 2.75) is 56.9 Å². The van der Waals surface area contributed by atoms with Gasteiger partial charge in [0.2, 0.25) is 11.8 Å². The minimum absolute atomic E-state index is 0.0147. The summed E-state index contributed by atoms with van der Waals surface area (Å²) >= 11 is 0. The van der Waals surface area contributed by atoms with E-state index in [1.807, 2.05) is 0 Å². The predicted molar refractivity (Wildman–Crippen MR) is 103 cm³/mol. The van der Waals surface area contributed by atoms with Crippen molar-refractivity contribution in [3.05, 3.63) is 0 Å². The highest BCUT2D eigenvalue weighted by atomic mass is 16.5. The summed E-state index contributed by atoms with van der Waals surface area (Å²) in [5.41, 5.74) is -0.629. The molecule has 0 radical (unpaired) electrons. The topological polar surface area (TPSA) is 85.7 Å². The zero-order chi connectivity index (χ0) is 19.7. The molecule has 1 saturated carbocycles. The second-order valence-electron chi connectivity index (χ2n) is 7.84. The number of carbonyl (C=O) groups excluding carboxylic acids is 2. The average molecular weight is 379 g/mol. The van der Waals surface area contributed by atoms with E-state index in [0.29, 0.717) is 19.7 Å². The molecule has 0 aromatic carbocycles. The molecule has 2 rings (SSSR count). The number of likely N-dealkylation sites (N-methyl/N-ethyl adjacent to an activating group) is 1. The third kappa shape index (κ3) is 5.91. The number of nitrogens with one attached hydrogen (secondary N) is 1. The van der Waals surface area contributed by atoms with Gasteiger partial charge in [-0.2, -0.15) is 5.26 Å². The molecule has 7 nitrogen and oxygen atoms in total. The van der Waals surface area contributed by atoms with Crippen molar-refractivity contribution in [2.24, 2.45) is 5.92 Å². The highest BCUT2D eigenvalue weighted by Crippen LogP contribution is 2.32. The average Bonchev–Trinajstić information content (AvgIpc) is 2.71. The number of ether oxygens (including phenoxy) is 1. The number of piperidine rings is 1. The summed E-state index contributed by atoms with van der Waals surface area (Å²) in [6.07, 6.45) is 7.09. The van der Waals surface area contributed by atoms with Gasteiger partial charge in [-0.1, -0.05) is 19.3 Å². The van der Waals surface area contributed by atoms with E-state index in [9.17, 15) is 14.9 Å². The molecule has 7 heteroatoms. The number of likely N-dealkylation sites (tertiary alicyclic amines) is 1. The first kappa shape index (κ1) is 21.6. The Hall–Kier alpha value is -1.65. The number of methoxy groups -OCH3 is 1. The maximum Gasteiger partial charge on any atom is 0.237 e. The quantitative estimate of drug-likeness (QED) is 0.648. The van der Waals surface area contributed by atoms with Gasteiger partial charge in [0, 0.05) is 33.2 Å². The zero-order valence-electron chi connectivity index (χ0n) is 16.8. The van der Waals surface area contributed by atoms with Gasteiger partial charge in [0.25, 0.3) is 0 Å². The highest BCUT2D eigenvalue weighted by Gasteiger charge is 2.39. The summed E-state index contributed by atoms with van der Waals surface area (Å²) in [4.78, 5) is 28.7. The molecule has 1 saturated heterocycles. The Bertz CT molecular complexity index is 532. The third-order valence-corrected chi connectivity index (χ3v) is 6.05. The summed E-state index contributed by atoms with van der Waals surface area (Å²) in [7, 11) is 3.43. The monoisotopic (exact) mass is 378 g/mol. The molecule has 152 valence electrons.